The predicted octanol–water partition coefficient (Wildman–Crippen LogP) is 1.79. The van der Waals surface area contributed by atoms with Crippen LogP contribution < -0.4 is 16.0 Å². The normalized spacial score (nSPS) is 19.6. The first-order valence-corrected chi connectivity index (χ1v) is 5.88. The van der Waals surface area contributed by atoms with Crippen LogP contribution in [0.1, 0.15) is 24.8 Å². The highest BCUT2D eigenvalue weighted by Crippen LogP contribution is 2.39. The monoisotopic (exact) mass is 276 g/mol. The Morgan fingerprint density at radius 2 is 1.84 bits per heavy atom. The summed E-state index contributed by atoms with van der Waals surface area (Å²) in [6.45, 7) is 0. The van der Waals surface area contributed by atoms with Gasteiger partial charge in [-0.15, -0.1) is 0 Å². The van der Waals surface area contributed by atoms with E-state index in [-0.39, 0.29) is 5.75 Å². The first kappa shape index (κ1) is 14.1. The number of nitrogens with one attached hydrogen (secondary N) is 1. The zero-order valence-corrected chi connectivity index (χ0v) is 10.1. The van der Waals surface area contributed by atoms with E-state index in [2.05, 4.69) is 5.43 Å². The molecule has 0 aromatic heterocycles. The summed E-state index contributed by atoms with van der Waals surface area (Å²) >= 11 is 0. The van der Waals surface area contributed by atoms with Gasteiger partial charge in [0.25, 0.3) is 0 Å². The Morgan fingerprint density at radius 3 is 2.21 bits per heavy atom. The second-order valence-electron chi connectivity index (χ2n) is 4.61. The maximum absolute atomic E-state index is 12.4. The van der Waals surface area contributed by atoms with Crippen LogP contribution in [0.15, 0.2) is 24.3 Å². The van der Waals surface area contributed by atoms with E-state index in [4.69, 9.17) is 10.6 Å². The van der Waals surface area contributed by atoms with Crippen LogP contribution in [-0.2, 0) is 6.18 Å². The molecule has 1 fully saturated rings. The number of benzene rings is 1. The molecule has 1 aromatic rings. The topological polar surface area (TPSA) is 67.5 Å². The molecule has 1 aromatic carbocycles. The number of hydrogen-bond acceptors (Lipinski definition) is 4. The molecule has 106 valence electrons. The second-order valence-corrected chi connectivity index (χ2v) is 4.61. The lowest BCUT2D eigenvalue weighted by molar-refractivity contribution is -0.137. The molecule has 1 unspecified atom stereocenters. The Bertz CT molecular complexity index is 430. The lowest BCUT2D eigenvalue weighted by atomic mass is 9.78. The zero-order chi connectivity index (χ0) is 14.1. The molecule has 0 spiro atoms. The molecule has 0 aliphatic heterocycles. The Morgan fingerprint density at radius 1 is 1.26 bits per heavy atom. The Hall–Kier alpha value is -1.31. The molecular weight excluding hydrogens is 261 g/mol. The van der Waals surface area contributed by atoms with Crippen LogP contribution in [0.25, 0.3) is 0 Å². The van der Waals surface area contributed by atoms with Crippen molar-refractivity contribution in [2.45, 2.75) is 37.3 Å². The summed E-state index contributed by atoms with van der Waals surface area (Å²) in [5.74, 6) is 5.45. The molecule has 7 heteroatoms. The maximum Gasteiger partial charge on any atom is 0.416 e. The van der Waals surface area contributed by atoms with Gasteiger partial charge in [-0.25, -0.2) is 5.43 Å². The molecule has 0 saturated heterocycles. The highest BCUT2D eigenvalue weighted by atomic mass is 19.4. The van der Waals surface area contributed by atoms with Gasteiger partial charge in [-0.1, -0.05) is 0 Å². The summed E-state index contributed by atoms with van der Waals surface area (Å²) in [6, 6.07) is 4.38. The number of hydrogen-bond donors (Lipinski definition) is 3. The number of aliphatic hydroxyl groups excluding tert-OH is 1. The van der Waals surface area contributed by atoms with Gasteiger partial charge in [0, 0.05) is 0 Å². The van der Waals surface area contributed by atoms with Gasteiger partial charge in [0.15, 0.2) is 6.23 Å². The molecule has 1 atom stereocenters. The minimum Gasteiger partial charge on any atom is -0.483 e. The van der Waals surface area contributed by atoms with E-state index in [1.54, 1.807) is 0 Å². The molecule has 1 saturated carbocycles. The number of halogens is 3. The van der Waals surface area contributed by atoms with E-state index in [0.29, 0.717) is 12.8 Å². The van der Waals surface area contributed by atoms with Crippen molar-refractivity contribution in [1.29, 1.82) is 0 Å². The molecule has 0 bridgehead atoms. The molecule has 19 heavy (non-hydrogen) atoms. The summed E-state index contributed by atoms with van der Waals surface area (Å²) < 4.78 is 42.8. The summed E-state index contributed by atoms with van der Waals surface area (Å²) in [5.41, 5.74) is 0.625. The Kier molecular flexibility index (Phi) is 3.71. The van der Waals surface area contributed by atoms with E-state index in [1.807, 2.05) is 0 Å². The standard InChI is InChI=1S/C12H15F3N2O2/c13-12(14,15)8-2-4-9(5-3-8)19-11(6-1-7-11)10(18)17-16/h2-5,10,17-18H,1,6-7,16H2. The molecule has 1 aliphatic carbocycles. The van der Waals surface area contributed by atoms with Gasteiger partial charge in [-0.2, -0.15) is 13.2 Å². The fraction of sp³-hybridized carbons (Fsp3) is 0.500. The lowest BCUT2D eigenvalue weighted by Gasteiger charge is -2.44. The molecule has 1 aliphatic rings. The van der Waals surface area contributed by atoms with E-state index in [9.17, 15) is 18.3 Å². The summed E-state index contributed by atoms with van der Waals surface area (Å²) in [7, 11) is 0. The largest absolute Gasteiger partial charge is 0.483 e. The van der Waals surface area contributed by atoms with E-state index in [0.717, 1.165) is 18.6 Å². The summed E-state index contributed by atoms with van der Waals surface area (Å²) in [6.07, 6.45) is -3.35. The molecule has 4 nitrogen and oxygen atoms in total. The second kappa shape index (κ2) is 4.99. The lowest BCUT2D eigenvalue weighted by Crippen LogP contribution is -2.60. The number of alkyl halides is 3. The van der Waals surface area contributed by atoms with Gasteiger partial charge in [-0.3, -0.25) is 5.84 Å². The third-order valence-corrected chi connectivity index (χ3v) is 3.36. The number of hydrazine groups is 1. The molecule has 2 rings (SSSR count). The van der Waals surface area contributed by atoms with Crippen molar-refractivity contribution in [1.82, 2.24) is 5.43 Å². The number of rotatable bonds is 4. The highest BCUT2D eigenvalue weighted by molar-refractivity contribution is 5.29. The van der Waals surface area contributed by atoms with Crippen LogP contribution >= 0.6 is 0 Å². The number of ether oxygens (including phenoxy) is 1. The highest BCUT2D eigenvalue weighted by Gasteiger charge is 2.46. The van der Waals surface area contributed by atoms with Crippen molar-refractivity contribution in [2.24, 2.45) is 5.84 Å². The average molecular weight is 276 g/mol. The molecule has 0 radical (unpaired) electrons. The fourth-order valence-electron chi connectivity index (χ4n) is 2.06. The summed E-state index contributed by atoms with van der Waals surface area (Å²) in [5, 5.41) is 9.73. The molecular formula is C12H15F3N2O2. The van der Waals surface area contributed by atoms with Gasteiger partial charge in [-0.05, 0) is 43.5 Å². The van der Waals surface area contributed by atoms with Crippen LogP contribution in [0.3, 0.4) is 0 Å². The van der Waals surface area contributed by atoms with Crippen LogP contribution in [-0.4, -0.2) is 16.9 Å². The van der Waals surface area contributed by atoms with Crippen molar-refractivity contribution in [2.75, 3.05) is 0 Å². The SMILES string of the molecule is NNC(O)C1(Oc2ccc(C(F)(F)F)cc2)CCC1. The number of nitrogens with two attached hydrogens (primary N) is 1. The average Bonchev–Trinajstić information content (AvgIpc) is 2.32. The van der Waals surface area contributed by atoms with Gasteiger partial charge in [0.05, 0.1) is 5.56 Å². The maximum atomic E-state index is 12.4. The van der Waals surface area contributed by atoms with Gasteiger partial charge in [0.2, 0.25) is 0 Å². The van der Waals surface area contributed by atoms with Crippen LogP contribution in [0, 0.1) is 0 Å². The summed E-state index contributed by atoms with van der Waals surface area (Å²) in [4.78, 5) is 0. The molecule has 4 N–H and O–H groups in total. The van der Waals surface area contributed by atoms with E-state index < -0.39 is 23.6 Å². The van der Waals surface area contributed by atoms with Crippen molar-refractivity contribution in [3.63, 3.8) is 0 Å². The van der Waals surface area contributed by atoms with Gasteiger partial charge >= 0.3 is 6.18 Å². The zero-order valence-electron chi connectivity index (χ0n) is 10.1. The Balaban J connectivity index is 2.11. The van der Waals surface area contributed by atoms with Crippen molar-refractivity contribution < 1.29 is 23.0 Å². The van der Waals surface area contributed by atoms with E-state index in [1.165, 1.54) is 12.1 Å². The quantitative estimate of drug-likeness (QED) is 0.445. The minimum absolute atomic E-state index is 0.280. The van der Waals surface area contributed by atoms with Crippen LogP contribution in [0.5, 0.6) is 5.75 Å². The van der Waals surface area contributed by atoms with E-state index >= 15 is 0 Å². The third-order valence-electron chi connectivity index (χ3n) is 3.36. The number of aliphatic hydroxyl groups is 1. The van der Waals surface area contributed by atoms with Crippen LogP contribution in [0.4, 0.5) is 13.2 Å². The smallest absolute Gasteiger partial charge is 0.416 e. The van der Waals surface area contributed by atoms with Gasteiger partial charge < -0.3 is 9.84 Å². The molecule has 0 heterocycles. The predicted molar refractivity (Wildman–Crippen MR) is 62.0 cm³/mol. The minimum atomic E-state index is -4.37. The first-order valence-electron chi connectivity index (χ1n) is 5.88. The fourth-order valence-corrected chi connectivity index (χ4v) is 2.06. The Labute approximate surface area is 108 Å². The van der Waals surface area contributed by atoms with Crippen LogP contribution in [0.2, 0.25) is 0 Å². The molecule has 0 amide bonds. The first-order chi connectivity index (χ1) is 8.87. The third kappa shape index (κ3) is 2.83. The van der Waals surface area contributed by atoms with Crippen molar-refractivity contribution >= 4 is 0 Å². The van der Waals surface area contributed by atoms with Gasteiger partial charge in [0.1, 0.15) is 11.4 Å². The van der Waals surface area contributed by atoms with Crippen molar-refractivity contribution in [3.05, 3.63) is 29.8 Å². The van der Waals surface area contributed by atoms with Crippen molar-refractivity contribution in [3.8, 4) is 5.75 Å².